The molecule has 0 atom stereocenters. The molecule has 0 aliphatic rings. The highest BCUT2D eigenvalue weighted by Crippen LogP contribution is 2.34. The number of nitrogens with zero attached hydrogens (tertiary/aromatic N) is 2. The molecule has 10 heteroatoms. The Hall–Kier alpha value is -4.34. The third kappa shape index (κ3) is 3.78. The van der Waals surface area contributed by atoms with Gasteiger partial charge in [-0.25, -0.2) is 9.78 Å². The van der Waals surface area contributed by atoms with Crippen molar-refractivity contribution in [2.75, 3.05) is 17.7 Å². The van der Waals surface area contributed by atoms with Crippen molar-refractivity contribution >= 4 is 34.5 Å². The van der Waals surface area contributed by atoms with Gasteiger partial charge in [0, 0.05) is 16.8 Å². The quantitative estimate of drug-likeness (QED) is 0.378. The van der Waals surface area contributed by atoms with Gasteiger partial charge >= 0.3 is 5.76 Å². The highest BCUT2D eigenvalue weighted by Gasteiger charge is 2.16. The van der Waals surface area contributed by atoms with Crippen molar-refractivity contribution in [3.63, 3.8) is 0 Å². The molecular formula is C20H18N6O4. The Morgan fingerprint density at radius 1 is 1.23 bits per heavy atom. The summed E-state index contributed by atoms with van der Waals surface area (Å²) < 4.78 is 10.5. The van der Waals surface area contributed by atoms with E-state index in [2.05, 4.69) is 20.3 Å². The molecule has 2 aromatic carbocycles. The number of carbonyl (C=O) groups is 1. The number of rotatable bonds is 6. The third-order valence-electron chi connectivity index (χ3n) is 4.36. The Morgan fingerprint density at radius 3 is 2.83 bits per heavy atom. The van der Waals surface area contributed by atoms with E-state index in [4.69, 9.17) is 20.6 Å². The van der Waals surface area contributed by atoms with Crippen molar-refractivity contribution in [2.24, 2.45) is 5.73 Å². The van der Waals surface area contributed by atoms with Crippen molar-refractivity contribution in [3.8, 4) is 17.0 Å². The maximum absolute atomic E-state index is 11.4. The molecular weight excluding hydrogens is 388 g/mol. The number of aromatic nitrogens is 3. The van der Waals surface area contributed by atoms with E-state index in [0.29, 0.717) is 45.2 Å². The number of para-hydroxylation sites is 1. The molecule has 0 bridgehead atoms. The molecule has 0 unspecified atom stereocenters. The molecule has 152 valence electrons. The summed E-state index contributed by atoms with van der Waals surface area (Å²) in [6.07, 6.45) is 0. The van der Waals surface area contributed by atoms with Crippen LogP contribution in [0.25, 0.3) is 22.4 Å². The van der Waals surface area contributed by atoms with E-state index in [-0.39, 0.29) is 12.6 Å². The Labute approximate surface area is 169 Å². The van der Waals surface area contributed by atoms with Crippen LogP contribution in [0.2, 0.25) is 0 Å². The molecule has 4 rings (SSSR count). The molecule has 2 heterocycles. The van der Waals surface area contributed by atoms with Gasteiger partial charge < -0.3 is 25.9 Å². The number of ether oxygens (including phenoxy) is 1. The summed E-state index contributed by atoms with van der Waals surface area (Å²) in [5.74, 6) is -0.132. The number of anilines is 3. The summed E-state index contributed by atoms with van der Waals surface area (Å²) in [4.78, 5) is 33.7. The number of fused-ring (bicyclic) bond motifs is 1. The largest absolute Gasteiger partial charge is 0.483 e. The minimum atomic E-state index is -0.584. The molecule has 0 saturated carbocycles. The van der Waals surface area contributed by atoms with E-state index in [9.17, 15) is 9.59 Å². The Morgan fingerprint density at radius 2 is 2.03 bits per heavy atom. The average molecular weight is 406 g/mol. The first-order valence-electron chi connectivity index (χ1n) is 8.95. The molecule has 1 amide bonds. The molecule has 0 radical (unpaired) electrons. The zero-order chi connectivity index (χ0) is 21.3. The van der Waals surface area contributed by atoms with Crippen LogP contribution in [-0.4, -0.2) is 27.5 Å². The lowest BCUT2D eigenvalue weighted by Crippen LogP contribution is -2.20. The van der Waals surface area contributed by atoms with Gasteiger partial charge in [-0.1, -0.05) is 12.1 Å². The zero-order valence-electron chi connectivity index (χ0n) is 15.9. The van der Waals surface area contributed by atoms with Crippen LogP contribution in [0.1, 0.15) is 5.56 Å². The molecule has 0 aliphatic heterocycles. The molecule has 6 N–H and O–H groups in total. The van der Waals surface area contributed by atoms with Crippen LogP contribution in [0.15, 0.2) is 51.7 Å². The van der Waals surface area contributed by atoms with Gasteiger partial charge in [-0.2, -0.15) is 4.98 Å². The predicted octanol–water partition coefficient (Wildman–Crippen LogP) is 2.08. The number of oxazole rings is 1. The van der Waals surface area contributed by atoms with E-state index in [1.165, 1.54) is 0 Å². The van der Waals surface area contributed by atoms with Crippen LogP contribution < -0.4 is 27.3 Å². The minimum Gasteiger partial charge on any atom is -0.483 e. The first kappa shape index (κ1) is 19.0. The number of amides is 1. The van der Waals surface area contributed by atoms with Crippen LogP contribution >= 0.6 is 0 Å². The fourth-order valence-electron chi connectivity index (χ4n) is 3.02. The standard InChI is InChI=1S/C20H18N6O4/c1-10-17(12-4-2-3-5-14(12)29-9-16(21)27)25-19(22)26-18(10)23-11-6-7-15-13(8-11)24-20(28)30-15/h2-8H,9H2,1H3,(H2,21,27)(H,24,28)(H3,22,23,25,26). The minimum absolute atomic E-state index is 0.0561. The van der Waals surface area contributed by atoms with Crippen molar-refractivity contribution in [2.45, 2.75) is 6.92 Å². The van der Waals surface area contributed by atoms with Crippen LogP contribution in [0.5, 0.6) is 5.75 Å². The molecule has 4 aromatic rings. The number of aromatic amines is 1. The van der Waals surface area contributed by atoms with E-state index >= 15 is 0 Å². The smallest absolute Gasteiger partial charge is 0.417 e. The third-order valence-corrected chi connectivity index (χ3v) is 4.36. The van der Waals surface area contributed by atoms with Gasteiger partial charge in [-0.3, -0.25) is 9.78 Å². The lowest BCUT2D eigenvalue weighted by atomic mass is 10.1. The van der Waals surface area contributed by atoms with Gasteiger partial charge in [0.2, 0.25) is 5.95 Å². The number of hydrogen-bond acceptors (Lipinski definition) is 8. The first-order valence-corrected chi connectivity index (χ1v) is 8.95. The maximum atomic E-state index is 11.4. The Bertz CT molecular complexity index is 1310. The topological polar surface area (TPSA) is 162 Å². The number of H-pyrrole nitrogens is 1. The van der Waals surface area contributed by atoms with E-state index in [1.807, 2.05) is 13.0 Å². The summed E-state index contributed by atoms with van der Waals surface area (Å²) in [6.45, 7) is 1.57. The average Bonchev–Trinajstić information content (AvgIpc) is 3.08. The van der Waals surface area contributed by atoms with Gasteiger partial charge in [0.15, 0.2) is 12.2 Å². The fourth-order valence-corrected chi connectivity index (χ4v) is 3.02. The second kappa shape index (κ2) is 7.59. The van der Waals surface area contributed by atoms with Crippen LogP contribution in [0.3, 0.4) is 0 Å². The summed E-state index contributed by atoms with van der Waals surface area (Å²) in [5, 5.41) is 3.18. The number of primary amides is 1. The lowest BCUT2D eigenvalue weighted by Gasteiger charge is -2.15. The normalized spacial score (nSPS) is 10.8. The van der Waals surface area contributed by atoms with E-state index < -0.39 is 11.7 Å². The second-order valence-corrected chi connectivity index (χ2v) is 6.51. The molecule has 10 nitrogen and oxygen atoms in total. The number of carbonyl (C=O) groups excluding carboxylic acids is 1. The fraction of sp³-hybridized carbons (Fsp3) is 0.100. The SMILES string of the molecule is Cc1c(Nc2ccc3oc(=O)[nH]c3c2)nc(N)nc1-c1ccccc1OCC(N)=O. The van der Waals surface area contributed by atoms with Gasteiger partial charge in [0.05, 0.1) is 11.2 Å². The number of nitrogen functional groups attached to an aromatic ring is 1. The summed E-state index contributed by atoms with van der Waals surface area (Å²) in [6, 6.07) is 12.3. The molecule has 30 heavy (non-hydrogen) atoms. The van der Waals surface area contributed by atoms with Gasteiger partial charge in [-0.15, -0.1) is 0 Å². The van der Waals surface area contributed by atoms with Crippen molar-refractivity contribution < 1.29 is 13.9 Å². The van der Waals surface area contributed by atoms with Crippen LogP contribution in [0, 0.1) is 6.92 Å². The Kier molecular flexibility index (Phi) is 4.80. The van der Waals surface area contributed by atoms with Gasteiger partial charge in [0.25, 0.3) is 5.91 Å². The molecule has 0 saturated heterocycles. The lowest BCUT2D eigenvalue weighted by molar-refractivity contribution is -0.119. The van der Waals surface area contributed by atoms with Crippen molar-refractivity contribution in [1.29, 1.82) is 0 Å². The summed E-state index contributed by atoms with van der Waals surface area (Å²) in [7, 11) is 0. The highest BCUT2D eigenvalue weighted by molar-refractivity contribution is 5.81. The Balaban J connectivity index is 1.73. The predicted molar refractivity (Wildman–Crippen MR) is 111 cm³/mol. The number of nitrogens with two attached hydrogens (primary N) is 2. The number of benzene rings is 2. The molecule has 0 fully saturated rings. The molecule has 0 spiro atoms. The van der Waals surface area contributed by atoms with Crippen LogP contribution in [-0.2, 0) is 4.79 Å². The second-order valence-electron chi connectivity index (χ2n) is 6.51. The number of hydrogen-bond donors (Lipinski definition) is 4. The van der Waals surface area contributed by atoms with E-state index in [1.54, 1.807) is 36.4 Å². The molecule has 0 aliphatic carbocycles. The van der Waals surface area contributed by atoms with Crippen molar-refractivity contribution in [3.05, 3.63) is 58.6 Å². The number of nitrogens with one attached hydrogen (secondary N) is 2. The highest BCUT2D eigenvalue weighted by atomic mass is 16.5. The van der Waals surface area contributed by atoms with Gasteiger partial charge in [0.1, 0.15) is 11.6 Å². The zero-order valence-corrected chi connectivity index (χ0v) is 15.9. The van der Waals surface area contributed by atoms with E-state index in [0.717, 1.165) is 0 Å². The monoisotopic (exact) mass is 406 g/mol. The van der Waals surface area contributed by atoms with Crippen molar-refractivity contribution in [1.82, 2.24) is 15.0 Å². The van der Waals surface area contributed by atoms with Gasteiger partial charge in [-0.05, 0) is 37.3 Å². The van der Waals surface area contributed by atoms with Crippen LogP contribution in [0.4, 0.5) is 17.5 Å². The summed E-state index contributed by atoms with van der Waals surface area (Å²) in [5.41, 5.74) is 14.7. The summed E-state index contributed by atoms with van der Waals surface area (Å²) >= 11 is 0. The first-order chi connectivity index (χ1) is 14.4. The molecule has 2 aromatic heterocycles. The maximum Gasteiger partial charge on any atom is 0.417 e.